The molecule has 2 heterocycles. The van der Waals surface area contributed by atoms with Crippen molar-refractivity contribution in [3.05, 3.63) is 35.9 Å². The van der Waals surface area contributed by atoms with E-state index in [4.69, 9.17) is 2.74 Å². The van der Waals surface area contributed by atoms with Gasteiger partial charge in [-0.3, -0.25) is 9.69 Å². The van der Waals surface area contributed by atoms with E-state index in [0.29, 0.717) is 6.54 Å². The minimum absolute atomic E-state index is 0.0598. The number of nitrogens with zero attached hydrogens (tertiary/aromatic N) is 1. The first kappa shape index (κ1) is 12.4. The number of carbonyl (C=O) groups is 1. The third kappa shape index (κ3) is 2.90. The van der Waals surface area contributed by atoms with Crippen LogP contribution in [0.4, 0.5) is 0 Å². The number of carbonyl (C=O) groups excluding carboxylic acids is 1. The number of piperidine rings is 2. The molecule has 3 nitrogen and oxygen atoms in total. The largest absolute Gasteiger partial charge is 0.312 e. The summed E-state index contributed by atoms with van der Waals surface area (Å²) in [6.45, 7) is 6.75. The van der Waals surface area contributed by atoms with Crippen LogP contribution in [0.3, 0.4) is 0 Å². The molecular formula is C18H26N2O. The van der Waals surface area contributed by atoms with Gasteiger partial charge in [0.15, 0.2) is 0 Å². The normalized spacial score (nSPS) is 36.5. The maximum absolute atomic E-state index is 12.8. The van der Waals surface area contributed by atoms with Gasteiger partial charge in [-0.1, -0.05) is 51.1 Å². The molecule has 0 bridgehead atoms. The summed E-state index contributed by atoms with van der Waals surface area (Å²) in [5.74, 6) is -0.679. The van der Waals surface area contributed by atoms with E-state index < -0.39 is 12.4 Å². The molecule has 1 unspecified atom stereocenters. The zero-order valence-electron chi connectivity index (χ0n) is 15.1. The number of fused-ring (bicyclic) bond motifs is 1. The molecule has 114 valence electrons. The molecular weight excluding hydrogens is 260 g/mol. The molecule has 3 atom stereocenters. The Kier molecular flexibility index (Phi) is 3.26. The average Bonchev–Trinajstić information content (AvgIpc) is 2.47. The first-order chi connectivity index (χ1) is 10.7. The van der Waals surface area contributed by atoms with Crippen molar-refractivity contribution in [1.82, 2.24) is 10.2 Å². The van der Waals surface area contributed by atoms with Crippen LogP contribution in [0, 0.1) is 17.3 Å². The fourth-order valence-corrected chi connectivity index (χ4v) is 3.79. The monoisotopic (exact) mass is 288 g/mol. The number of hydrogen-bond donors (Lipinski definition) is 1. The number of Topliss-reactive ketones (excluding diaryl/α,β-unsaturated/α-hetero) is 1. The third-order valence-electron chi connectivity index (χ3n) is 4.83. The summed E-state index contributed by atoms with van der Waals surface area (Å²) in [5, 5.41) is 3.14. The molecule has 2 aliphatic rings. The second kappa shape index (κ2) is 5.54. The molecule has 3 rings (SSSR count). The number of ketones is 1. The maximum Gasteiger partial charge on any atom is 0.142 e. The van der Waals surface area contributed by atoms with Crippen molar-refractivity contribution in [1.29, 1.82) is 0 Å². The van der Waals surface area contributed by atoms with Gasteiger partial charge in [0.05, 0.1) is 0 Å². The Morgan fingerprint density at radius 3 is 2.81 bits per heavy atom. The Bertz CT molecular complexity index is 588. The lowest BCUT2D eigenvalue weighted by Crippen LogP contribution is -2.65. The summed E-state index contributed by atoms with van der Waals surface area (Å²) in [6.07, 6.45) is 0. The molecule has 0 saturated carbocycles. The van der Waals surface area contributed by atoms with Crippen molar-refractivity contribution in [2.45, 2.75) is 33.4 Å². The van der Waals surface area contributed by atoms with Gasteiger partial charge in [-0.25, -0.2) is 0 Å². The lowest BCUT2D eigenvalue weighted by molar-refractivity contribution is -0.135. The van der Waals surface area contributed by atoms with Crippen LogP contribution >= 0.6 is 0 Å². The van der Waals surface area contributed by atoms with Gasteiger partial charge in [-0.15, -0.1) is 0 Å². The van der Waals surface area contributed by atoms with Crippen LogP contribution in [-0.2, 0) is 11.3 Å². The van der Waals surface area contributed by atoms with Crippen LogP contribution < -0.4 is 5.32 Å². The fraction of sp³-hybridized carbons (Fsp3) is 0.611. The Morgan fingerprint density at radius 2 is 2.10 bits per heavy atom. The number of rotatable bonds is 2. The summed E-state index contributed by atoms with van der Waals surface area (Å²) in [6, 6.07) is 10.2. The number of hydrogen-bond acceptors (Lipinski definition) is 3. The zero-order valence-corrected chi connectivity index (χ0v) is 13.1. The Labute approximate surface area is 130 Å². The molecule has 1 aromatic rings. The van der Waals surface area contributed by atoms with Crippen LogP contribution in [0.5, 0.6) is 0 Å². The van der Waals surface area contributed by atoms with E-state index in [2.05, 4.69) is 36.2 Å². The van der Waals surface area contributed by atoms with Gasteiger partial charge in [-0.2, -0.15) is 0 Å². The number of likely N-dealkylation sites (tertiary alicyclic amines) is 1. The van der Waals surface area contributed by atoms with Crippen LogP contribution in [0.15, 0.2) is 30.3 Å². The van der Waals surface area contributed by atoms with Crippen molar-refractivity contribution in [3.8, 4) is 0 Å². The van der Waals surface area contributed by atoms with Crippen molar-refractivity contribution >= 4 is 5.78 Å². The molecule has 1 N–H and O–H groups in total. The minimum Gasteiger partial charge on any atom is -0.312 e. The molecule has 3 heteroatoms. The SMILES string of the molecule is [2H]C1([2H])N[C@@H]2[C@H](CN(Cc3ccccc3)CC2(C)C)C(=O)C1C. The average molecular weight is 288 g/mol. The van der Waals surface area contributed by atoms with Crippen LogP contribution in [0.2, 0.25) is 0 Å². The molecule has 2 aliphatic heterocycles. The Morgan fingerprint density at radius 1 is 1.38 bits per heavy atom. The van der Waals surface area contributed by atoms with Gasteiger partial charge in [0.25, 0.3) is 0 Å². The van der Waals surface area contributed by atoms with Gasteiger partial charge < -0.3 is 5.32 Å². The molecule has 0 aromatic heterocycles. The highest BCUT2D eigenvalue weighted by molar-refractivity contribution is 5.85. The minimum atomic E-state index is -1.61. The summed E-state index contributed by atoms with van der Waals surface area (Å²) in [5.41, 5.74) is 1.10. The van der Waals surface area contributed by atoms with Gasteiger partial charge in [0, 0.05) is 46.8 Å². The smallest absolute Gasteiger partial charge is 0.142 e. The molecule has 0 radical (unpaired) electrons. The van der Waals surface area contributed by atoms with Crippen molar-refractivity contribution in [2.75, 3.05) is 19.6 Å². The topological polar surface area (TPSA) is 32.3 Å². The van der Waals surface area contributed by atoms with E-state index in [1.54, 1.807) is 6.92 Å². The summed E-state index contributed by atoms with van der Waals surface area (Å²) in [7, 11) is 0. The Hall–Kier alpha value is -1.19. The van der Waals surface area contributed by atoms with Gasteiger partial charge in [0.2, 0.25) is 0 Å². The first-order valence-electron chi connectivity index (χ1n) is 8.78. The quantitative estimate of drug-likeness (QED) is 0.906. The lowest BCUT2D eigenvalue weighted by atomic mass is 9.68. The van der Waals surface area contributed by atoms with E-state index in [-0.39, 0.29) is 23.2 Å². The van der Waals surface area contributed by atoms with Gasteiger partial charge >= 0.3 is 0 Å². The van der Waals surface area contributed by atoms with E-state index in [0.717, 1.165) is 13.1 Å². The highest BCUT2D eigenvalue weighted by atomic mass is 16.1. The van der Waals surface area contributed by atoms with Crippen molar-refractivity contribution < 1.29 is 7.54 Å². The van der Waals surface area contributed by atoms with Crippen LogP contribution in [0.1, 0.15) is 29.1 Å². The van der Waals surface area contributed by atoms with Crippen molar-refractivity contribution in [3.63, 3.8) is 0 Å². The van der Waals surface area contributed by atoms with Gasteiger partial charge in [0.1, 0.15) is 5.78 Å². The summed E-state index contributed by atoms with van der Waals surface area (Å²) < 4.78 is 16.2. The maximum atomic E-state index is 12.8. The van der Waals surface area contributed by atoms with E-state index >= 15 is 0 Å². The van der Waals surface area contributed by atoms with Gasteiger partial charge in [-0.05, 0) is 11.0 Å². The molecule has 0 aliphatic carbocycles. The highest BCUT2D eigenvalue weighted by Crippen LogP contribution is 2.37. The predicted octanol–water partition coefficient (Wildman–Crippen LogP) is 2.32. The summed E-state index contributed by atoms with van der Waals surface area (Å²) >= 11 is 0. The molecule has 2 fully saturated rings. The first-order valence-corrected chi connectivity index (χ1v) is 7.78. The second-order valence-electron chi connectivity index (χ2n) is 7.14. The zero-order chi connectivity index (χ0) is 16.8. The Balaban J connectivity index is 1.82. The fourth-order valence-electron chi connectivity index (χ4n) is 3.79. The van der Waals surface area contributed by atoms with Crippen molar-refractivity contribution in [2.24, 2.45) is 17.3 Å². The number of nitrogens with one attached hydrogen (secondary N) is 1. The highest BCUT2D eigenvalue weighted by Gasteiger charge is 2.48. The van der Waals surface area contributed by atoms with E-state index in [1.807, 2.05) is 18.2 Å². The van der Waals surface area contributed by atoms with E-state index in [1.165, 1.54) is 5.56 Å². The molecule has 1 aromatic carbocycles. The third-order valence-corrected chi connectivity index (χ3v) is 4.83. The van der Waals surface area contributed by atoms with Crippen LogP contribution in [-0.4, -0.2) is 36.3 Å². The lowest BCUT2D eigenvalue weighted by Gasteiger charge is -2.51. The van der Waals surface area contributed by atoms with Crippen LogP contribution in [0.25, 0.3) is 0 Å². The molecule has 0 amide bonds. The molecule has 0 spiro atoms. The summed E-state index contributed by atoms with van der Waals surface area (Å²) in [4.78, 5) is 15.1. The van der Waals surface area contributed by atoms with E-state index in [9.17, 15) is 4.79 Å². The number of benzene rings is 1. The second-order valence-corrected chi connectivity index (χ2v) is 7.14. The molecule has 21 heavy (non-hydrogen) atoms. The molecule has 2 saturated heterocycles. The standard InChI is InChI=1S/C18H26N2O/c1-13-9-19-17-15(16(13)21)11-20(12-18(17,2)3)10-14-7-5-4-6-8-14/h4-8,13,15,17,19H,9-12H2,1-3H3/t13?,15-,17-/m1/s1/i9D2. The predicted molar refractivity (Wildman–Crippen MR) is 85.0 cm³/mol.